The molecule has 3 heterocycles. The summed E-state index contributed by atoms with van der Waals surface area (Å²) in [6.45, 7) is 4.87. The molecule has 2 fully saturated rings. The van der Waals surface area contributed by atoms with Crippen LogP contribution in [0.4, 0.5) is 0 Å². The number of piperidine rings is 2. The summed E-state index contributed by atoms with van der Waals surface area (Å²) in [5.74, 6) is -0.842. The van der Waals surface area contributed by atoms with Gasteiger partial charge < -0.3 is 19.3 Å². The van der Waals surface area contributed by atoms with Crippen LogP contribution in [0.25, 0.3) is 0 Å². The molecule has 0 unspecified atom stereocenters. The Morgan fingerprint density at radius 1 is 0.960 bits per heavy atom. The lowest BCUT2D eigenvalue weighted by atomic mass is 9.92. The van der Waals surface area contributed by atoms with Crippen molar-refractivity contribution in [2.75, 3.05) is 26.2 Å². The highest BCUT2D eigenvalue weighted by Crippen LogP contribution is 2.24. The van der Waals surface area contributed by atoms with Crippen molar-refractivity contribution in [2.45, 2.75) is 32.6 Å². The van der Waals surface area contributed by atoms with Gasteiger partial charge >= 0.3 is 5.97 Å². The Bertz CT molecular complexity index is 652. The molecule has 25 heavy (non-hydrogen) atoms. The van der Waals surface area contributed by atoms with E-state index < -0.39 is 5.97 Å². The van der Waals surface area contributed by atoms with Crippen LogP contribution in [0.5, 0.6) is 0 Å². The molecule has 0 radical (unpaired) electrons. The molecule has 1 aromatic heterocycles. The standard InChI is InChI=1S/C18H24N2O5/c1-12-4-8-19(9-5-12)16(21)13-6-10-20(11-7-13)17(22)14-2-3-15(25-14)18(23)24/h2-3,12-13H,4-11H2,1H3,(H,23,24). The summed E-state index contributed by atoms with van der Waals surface area (Å²) in [5, 5.41) is 8.87. The van der Waals surface area contributed by atoms with E-state index in [1.807, 2.05) is 4.90 Å². The Morgan fingerprint density at radius 3 is 2.08 bits per heavy atom. The fourth-order valence-electron chi connectivity index (χ4n) is 3.54. The van der Waals surface area contributed by atoms with Gasteiger partial charge in [-0.2, -0.15) is 0 Å². The average molecular weight is 348 g/mol. The molecule has 0 bridgehead atoms. The SMILES string of the molecule is CC1CCN(C(=O)C2CCN(C(=O)c3ccc(C(=O)O)o3)CC2)CC1. The molecule has 1 N–H and O–H groups in total. The Kier molecular flexibility index (Phi) is 5.11. The maximum Gasteiger partial charge on any atom is 0.371 e. The van der Waals surface area contributed by atoms with Crippen LogP contribution < -0.4 is 0 Å². The summed E-state index contributed by atoms with van der Waals surface area (Å²) in [4.78, 5) is 39.5. The molecule has 2 amide bonds. The van der Waals surface area contributed by atoms with Crippen molar-refractivity contribution in [3.05, 3.63) is 23.7 Å². The maximum absolute atomic E-state index is 12.6. The second-order valence-electron chi connectivity index (χ2n) is 7.04. The molecule has 136 valence electrons. The van der Waals surface area contributed by atoms with Gasteiger partial charge in [0.2, 0.25) is 11.7 Å². The largest absolute Gasteiger partial charge is 0.475 e. The first-order valence-corrected chi connectivity index (χ1v) is 8.87. The molecule has 0 spiro atoms. The number of carbonyl (C=O) groups excluding carboxylic acids is 2. The number of amides is 2. The highest BCUT2D eigenvalue weighted by atomic mass is 16.4. The summed E-state index contributed by atoms with van der Waals surface area (Å²) in [6, 6.07) is 2.67. The van der Waals surface area contributed by atoms with E-state index in [9.17, 15) is 14.4 Å². The van der Waals surface area contributed by atoms with Gasteiger partial charge in [0.15, 0.2) is 5.76 Å². The molecule has 2 saturated heterocycles. The molecular formula is C18H24N2O5. The lowest BCUT2D eigenvalue weighted by Gasteiger charge is -2.36. The first kappa shape index (κ1) is 17.5. The Hall–Kier alpha value is -2.31. The topological polar surface area (TPSA) is 91.1 Å². The Labute approximate surface area is 146 Å². The minimum Gasteiger partial charge on any atom is -0.475 e. The number of carboxylic acid groups (broad SMARTS) is 1. The second kappa shape index (κ2) is 7.29. The number of aromatic carboxylic acids is 1. The summed E-state index contributed by atoms with van der Waals surface area (Å²) in [7, 11) is 0. The van der Waals surface area contributed by atoms with Crippen LogP contribution in [0.1, 0.15) is 53.7 Å². The van der Waals surface area contributed by atoms with Crippen LogP contribution in [0, 0.1) is 11.8 Å². The van der Waals surface area contributed by atoms with Gasteiger partial charge in [0.05, 0.1) is 0 Å². The van der Waals surface area contributed by atoms with Crippen LogP contribution in [-0.2, 0) is 4.79 Å². The number of hydrogen-bond acceptors (Lipinski definition) is 4. The summed E-state index contributed by atoms with van der Waals surface area (Å²) in [5.41, 5.74) is 0. The monoisotopic (exact) mass is 348 g/mol. The molecule has 0 aliphatic carbocycles. The third kappa shape index (κ3) is 3.86. The van der Waals surface area contributed by atoms with Crippen molar-refractivity contribution < 1.29 is 23.9 Å². The molecule has 7 nitrogen and oxygen atoms in total. The molecule has 0 saturated carbocycles. The number of carbonyl (C=O) groups is 3. The fraction of sp³-hybridized carbons (Fsp3) is 0.611. The second-order valence-corrected chi connectivity index (χ2v) is 7.04. The molecule has 1 aromatic rings. The first-order chi connectivity index (χ1) is 12.0. The van der Waals surface area contributed by atoms with Gasteiger partial charge in [-0.05, 0) is 43.7 Å². The van der Waals surface area contributed by atoms with E-state index in [0.29, 0.717) is 31.8 Å². The molecule has 0 aromatic carbocycles. The Morgan fingerprint density at radius 2 is 1.52 bits per heavy atom. The normalized spacial score (nSPS) is 19.9. The minimum absolute atomic E-state index is 0.0244. The van der Waals surface area contributed by atoms with Gasteiger partial charge in [0, 0.05) is 32.1 Å². The van der Waals surface area contributed by atoms with Crippen LogP contribution >= 0.6 is 0 Å². The average Bonchev–Trinajstić information content (AvgIpc) is 3.12. The van der Waals surface area contributed by atoms with Gasteiger partial charge in [-0.15, -0.1) is 0 Å². The van der Waals surface area contributed by atoms with E-state index in [2.05, 4.69) is 6.92 Å². The van der Waals surface area contributed by atoms with Gasteiger partial charge in [-0.1, -0.05) is 6.92 Å². The smallest absolute Gasteiger partial charge is 0.371 e. The molecule has 0 atom stereocenters. The quantitative estimate of drug-likeness (QED) is 0.903. The van der Waals surface area contributed by atoms with Crippen molar-refractivity contribution in [2.24, 2.45) is 11.8 Å². The molecule has 2 aliphatic heterocycles. The Balaban J connectivity index is 1.53. The van der Waals surface area contributed by atoms with E-state index in [1.165, 1.54) is 12.1 Å². The van der Waals surface area contributed by atoms with Crippen LogP contribution in [0.2, 0.25) is 0 Å². The highest BCUT2D eigenvalue weighted by molar-refractivity contribution is 5.93. The van der Waals surface area contributed by atoms with E-state index in [0.717, 1.165) is 25.9 Å². The van der Waals surface area contributed by atoms with E-state index in [-0.39, 0.29) is 29.3 Å². The van der Waals surface area contributed by atoms with E-state index in [1.54, 1.807) is 4.90 Å². The van der Waals surface area contributed by atoms with Gasteiger partial charge in [-0.25, -0.2) is 4.79 Å². The van der Waals surface area contributed by atoms with Crippen LogP contribution in [0.15, 0.2) is 16.5 Å². The molecule has 7 heteroatoms. The lowest BCUT2D eigenvalue weighted by Crippen LogP contribution is -2.46. The van der Waals surface area contributed by atoms with Crippen LogP contribution in [-0.4, -0.2) is 58.9 Å². The zero-order valence-corrected chi connectivity index (χ0v) is 14.4. The van der Waals surface area contributed by atoms with Gasteiger partial charge in [-0.3, -0.25) is 9.59 Å². The van der Waals surface area contributed by atoms with Gasteiger partial charge in [0.25, 0.3) is 5.91 Å². The predicted molar refractivity (Wildman–Crippen MR) is 89.3 cm³/mol. The highest BCUT2D eigenvalue weighted by Gasteiger charge is 2.32. The zero-order valence-electron chi connectivity index (χ0n) is 14.4. The van der Waals surface area contributed by atoms with E-state index >= 15 is 0 Å². The van der Waals surface area contributed by atoms with Crippen molar-refractivity contribution in [3.8, 4) is 0 Å². The number of carboxylic acids is 1. The fourth-order valence-corrected chi connectivity index (χ4v) is 3.54. The zero-order chi connectivity index (χ0) is 18.0. The number of likely N-dealkylation sites (tertiary alicyclic amines) is 2. The first-order valence-electron chi connectivity index (χ1n) is 8.87. The maximum atomic E-state index is 12.6. The van der Waals surface area contributed by atoms with Crippen LogP contribution in [0.3, 0.4) is 0 Å². The van der Waals surface area contributed by atoms with Crippen molar-refractivity contribution in [1.29, 1.82) is 0 Å². The third-order valence-electron chi connectivity index (χ3n) is 5.25. The summed E-state index contributed by atoms with van der Waals surface area (Å²) < 4.78 is 5.07. The number of hydrogen-bond donors (Lipinski definition) is 1. The van der Waals surface area contributed by atoms with Gasteiger partial charge in [0.1, 0.15) is 0 Å². The van der Waals surface area contributed by atoms with Crippen molar-refractivity contribution >= 4 is 17.8 Å². The number of furan rings is 1. The third-order valence-corrected chi connectivity index (χ3v) is 5.25. The lowest BCUT2D eigenvalue weighted by molar-refractivity contribution is -0.138. The molecule has 3 rings (SSSR count). The molecular weight excluding hydrogens is 324 g/mol. The molecule has 2 aliphatic rings. The number of rotatable bonds is 3. The van der Waals surface area contributed by atoms with Crippen molar-refractivity contribution in [1.82, 2.24) is 9.80 Å². The minimum atomic E-state index is -1.20. The summed E-state index contributed by atoms with van der Waals surface area (Å²) >= 11 is 0. The predicted octanol–water partition coefficient (Wildman–Crippen LogP) is 2.09. The summed E-state index contributed by atoms with van der Waals surface area (Å²) in [6.07, 6.45) is 3.41. The van der Waals surface area contributed by atoms with Crippen molar-refractivity contribution in [3.63, 3.8) is 0 Å². The number of nitrogens with zero attached hydrogens (tertiary/aromatic N) is 2. The van der Waals surface area contributed by atoms with E-state index in [4.69, 9.17) is 9.52 Å².